The van der Waals surface area contributed by atoms with Crippen molar-refractivity contribution in [3.8, 4) is 5.88 Å². The summed E-state index contributed by atoms with van der Waals surface area (Å²) < 4.78 is 5.89. The number of hydrogen-bond acceptors (Lipinski definition) is 3. The Labute approximate surface area is 109 Å². The summed E-state index contributed by atoms with van der Waals surface area (Å²) in [7, 11) is 0. The Morgan fingerprint density at radius 3 is 2.50 bits per heavy atom. The lowest BCUT2D eigenvalue weighted by atomic mass is 9.95. The van der Waals surface area contributed by atoms with Crippen LogP contribution in [0.15, 0.2) is 24.4 Å². The quantitative estimate of drug-likeness (QED) is 0.891. The highest BCUT2D eigenvalue weighted by Crippen LogP contribution is 2.23. The number of pyridine rings is 1. The van der Waals surface area contributed by atoms with Crippen LogP contribution in [-0.2, 0) is 0 Å². The average molecular weight is 265 g/mol. The van der Waals surface area contributed by atoms with Crippen LogP contribution in [0.3, 0.4) is 0 Å². The van der Waals surface area contributed by atoms with Crippen LogP contribution in [0.25, 0.3) is 0 Å². The van der Waals surface area contributed by atoms with E-state index in [2.05, 4.69) is 17.2 Å². The van der Waals surface area contributed by atoms with Crippen LogP contribution in [0.5, 0.6) is 5.88 Å². The molecular formula is C11H18Cl2N2O. The van der Waals surface area contributed by atoms with Gasteiger partial charge >= 0.3 is 0 Å². The maximum atomic E-state index is 5.89. The summed E-state index contributed by atoms with van der Waals surface area (Å²) in [4.78, 5) is 4.18. The molecule has 0 saturated carbocycles. The van der Waals surface area contributed by atoms with Crippen LogP contribution in [-0.4, -0.2) is 23.7 Å². The number of ether oxygens (including phenoxy) is 1. The molecule has 1 fully saturated rings. The Morgan fingerprint density at radius 2 is 1.94 bits per heavy atom. The van der Waals surface area contributed by atoms with Gasteiger partial charge in [-0.05, 0) is 38.9 Å². The Hall–Kier alpha value is -0.510. The zero-order chi connectivity index (χ0) is 9.86. The van der Waals surface area contributed by atoms with Crippen molar-refractivity contribution in [2.75, 3.05) is 13.1 Å². The molecule has 0 aromatic carbocycles. The van der Waals surface area contributed by atoms with Gasteiger partial charge in [-0.3, -0.25) is 0 Å². The number of piperidine rings is 1. The summed E-state index contributed by atoms with van der Waals surface area (Å²) in [5.74, 6) is 0.733. The summed E-state index contributed by atoms with van der Waals surface area (Å²) in [5.41, 5.74) is -0.0421. The van der Waals surface area contributed by atoms with E-state index in [4.69, 9.17) is 4.74 Å². The molecular weight excluding hydrogens is 247 g/mol. The van der Waals surface area contributed by atoms with E-state index in [9.17, 15) is 0 Å². The van der Waals surface area contributed by atoms with Gasteiger partial charge in [0, 0.05) is 12.3 Å². The second kappa shape index (κ2) is 6.94. The minimum absolute atomic E-state index is 0. The van der Waals surface area contributed by atoms with Gasteiger partial charge in [0.25, 0.3) is 0 Å². The molecule has 0 amide bonds. The molecule has 1 aliphatic heterocycles. The van der Waals surface area contributed by atoms with E-state index >= 15 is 0 Å². The topological polar surface area (TPSA) is 34.1 Å². The summed E-state index contributed by atoms with van der Waals surface area (Å²) in [5, 5.41) is 3.33. The number of halogens is 2. The van der Waals surface area contributed by atoms with Crippen molar-refractivity contribution < 1.29 is 4.74 Å². The predicted octanol–water partition coefficient (Wildman–Crippen LogP) is 2.45. The van der Waals surface area contributed by atoms with Crippen molar-refractivity contribution >= 4 is 24.8 Å². The van der Waals surface area contributed by atoms with E-state index in [0.717, 1.165) is 31.8 Å². The second-order valence-electron chi connectivity index (χ2n) is 3.97. The maximum absolute atomic E-state index is 5.89. The number of rotatable bonds is 2. The van der Waals surface area contributed by atoms with Crippen LogP contribution < -0.4 is 10.1 Å². The molecule has 92 valence electrons. The number of aromatic nitrogens is 1. The van der Waals surface area contributed by atoms with Crippen LogP contribution in [0.4, 0.5) is 0 Å². The Morgan fingerprint density at radius 1 is 1.25 bits per heavy atom. The highest BCUT2D eigenvalue weighted by atomic mass is 35.5. The lowest BCUT2D eigenvalue weighted by Gasteiger charge is -2.34. The zero-order valence-corrected chi connectivity index (χ0v) is 10.9. The van der Waals surface area contributed by atoms with Gasteiger partial charge in [-0.2, -0.15) is 0 Å². The van der Waals surface area contributed by atoms with Gasteiger partial charge < -0.3 is 10.1 Å². The highest BCUT2D eigenvalue weighted by Gasteiger charge is 2.28. The summed E-state index contributed by atoms with van der Waals surface area (Å²) in [6, 6.07) is 5.76. The van der Waals surface area contributed by atoms with Crippen molar-refractivity contribution in [3.63, 3.8) is 0 Å². The van der Waals surface area contributed by atoms with Crippen LogP contribution >= 0.6 is 24.8 Å². The van der Waals surface area contributed by atoms with Gasteiger partial charge in [0.05, 0.1) is 0 Å². The second-order valence-corrected chi connectivity index (χ2v) is 3.97. The van der Waals surface area contributed by atoms with E-state index in [1.165, 1.54) is 0 Å². The Bertz CT molecular complexity index is 289. The predicted molar refractivity (Wildman–Crippen MR) is 69.9 cm³/mol. The molecule has 16 heavy (non-hydrogen) atoms. The molecule has 1 aliphatic rings. The SMILES string of the molecule is CC1(Oc2ccccn2)CCNCC1.Cl.Cl. The highest BCUT2D eigenvalue weighted by molar-refractivity contribution is 5.85. The molecule has 0 atom stereocenters. The largest absolute Gasteiger partial charge is 0.471 e. The molecule has 0 spiro atoms. The molecule has 0 unspecified atom stereocenters. The third-order valence-corrected chi connectivity index (χ3v) is 2.65. The molecule has 1 aromatic heterocycles. The average Bonchev–Trinajstić information content (AvgIpc) is 2.19. The minimum atomic E-state index is -0.0421. The standard InChI is InChI=1S/C11H16N2O.2ClH/c1-11(5-8-12-9-6-11)14-10-4-2-3-7-13-10;;/h2-4,7,12H,5-6,8-9H2,1H3;2*1H. The molecule has 1 N–H and O–H groups in total. The molecule has 0 radical (unpaired) electrons. The fourth-order valence-electron chi connectivity index (χ4n) is 1.72. The van der Waals surface area contributed by atoms with E-state index < -0.39 is 0 Å². The van der Waals surface area contributed by atoms with E-state index in [1.807, 2.05) is 18.2 Å². The first-order valence-corrected chi connectivity index (χ1v) is 5.09. The summed E-state index contributed by atoms with van der Waals surface area (Å²) in [6.45, 7) is 4.22. The first kappa shape index (κ1) is 15.5. The number of hydrogen-bond donors (Lipinski definition) is 1. The van der Waals surface area contributed by atoms with Gasteiger partial charge in [0.2, 0.25) is 5.88 Å². The van der Waals surface area contributed by atoms with Crippen molar-refractivity contribution in [1.82, 2.24) is 10.3 Å². The van der Waals surface area contributed by atoms with Crippen molar-refractivity contribution in [2.45, 2.75) is 25.4 Å². The lowest BCUT2D eigenvalue weighted by Crippen LogP contribution is -2.43. The fraction of sp³-hybridized carbons (Fsp3) is 0.545. The fourth-order valence-corrected chi connectivity index (χ4v) is 1.72. The molecule has 3 nitrogen and oxygen atoms in total. The van der Waals surface area contributed by atoms with E-state index in [-0.39, 0.29) is 30.4 Å². The minimum Gasteiger partial charge on any atom is -0.471 e. The van der Waals surface area contributed by atoms with Gasteiger partial charge in [0.15, 0.2) is 0 Å². The monoisotopic (exact) mass is 264 g/mol. The molecule has 2 rings (SSSR count). The van der Waals surface area contributed by atoms with Crippen molar-refractivity contribution in [3.05, 3.63) is 24.4 Å². The zero-order valence-electron chi connectivity index (χ0n) is 9.31. The van der Waals surface area contributed by atoms with Crippen LogP contribution in [0.1, 0.15) is 19.8 Å². The van der Waals surface area contributed by atoms with E-state index in [1.54, 1.807) is 6.20 Å². The normalized spacial score (nSPS) is 17.8. The number of nitrogens with one attached hydrogen (secondary N) is 1. The molecule has 0 bridgehead atoms. The summed E-state index contributed by atoms with van der Waals surface area (Å²) >= 11 is 0. The summed E-state index contributed by atoms with van der Waals surface area (Å²) in [6.07, 6.45) is 3.85. The van der Waals surface area contributed by atoms with E-state index in [0.29, 0.717) is 0 Å². The number of nitrogens with zero attached hydrogens (tertiary/aromatic N) is 1. The Balaban J connectivity index is 0.00000112. The van der Waals surface area contributed by atoms with Gasteiger partial charge in [-0.1, -0.05) is 6.07 Å². The smallest absolute Gasteiger partial charge is 0.213 e. The molecule has 2 heterocycles. The van der Waals surface area contributed by atoms with Crippen molar-refractivity contribution in [2.24, 2.45) is 0 Å². The van der Waals surface area contributed by atoms with Crippen LogP contribution in [0.2, 0.25) is 0 Å². The first-order chi connectivity index (χ1) is 6.79. The first-order valence-electron chi connectivity index (χ1n) is 5.09. The molecule has 5 heteroatoms. The van der Waals surface area contributed by atoms with Gasteiger partial charge in [-0.15, -0.1) is 24.8 Å². The van der Waals surface area contributed by atoms with Gasteiger partial charge in [0.1, 0.15) is 5.60 Å². The van der Waals surface area contributed by atoms with Gasteiger partial charge in [-0.25, -0.2) is 4.98 Å². The molecule has 0 aliphatic carbocycles. The third-order valence-electron chi connectivity index (χ3n) is 2.65. The lowest BCUT2D eigenvalue weighted by molar-refractivity contribution is 0.0508. The Kier molecular flexibility index (Phi) is 6.72. The molecule has 1 saturated heterocycles. The van der Waals surface area contributed by atoms with Crippen LogP contribution in [0, 0.1) is 0 Å². The third kappa shape index (κ3) is 4.16. The van der Waals surface area contributed by atoms with Crippen molar-refractivity contribution in [1.29, 1.82) is 0 Å². The maximum Gasteiger partial charge on any atom is 0.213 e. The molecule has 1 aromatic rings.